The molecule has 0 bridgehead atoms. The Labute approximate surface area is 213 Å². The van der Waals surface area contributed by atoms with Gasteiger partial charge in [0.05, 0.1) is 13.2 Å². The molecular formula is C31H34O5. The molecule has 1 aliphatic carbocycles. The Morgan fingerprint density at radius 3 is 2.03 bits per heavy atom. The second-order valence-corrected chi connectivity index (χ2v) is 9.02. The van der Waals surface area contributed by atoms with E-state index in [1.165, 1.54) is 29.4 Å². The maximum absolute atomic E-state index is 12.0. The standard InChI is InChI=1S/C31H34O5/c1-5-34-31(32)29(33-4)20-23-8-12-26(13-9-23)35-16-17-36-30-27-14-6-21(2)18-24(27)10-11-25-19-22(3)7-15-28(25)30/h6-15,18-19,29-30H,5,16-17,20H2,1-4H3. The number of rotatable bonds is 10. The summed E-state index contributed by atoms with van der Waals surface area (Å²) in [5, 5.41) is 0. The van der Waals surface area contributed by atoms with E-state index in [0.29, 0.717) is 26.2 Å². The minimum absolute atomic E-state index is 0.161. The number of esters is 1. The highest BCUT2D eigenvalue weighted by Gasteiger charge is 2.23. The van der Waals surface area contributed by atoms with Crippen LogP contribution in [-0.2, 0) is 25.4 Å². The van der Waals surface area contributed by atoms with Gasteiger partial charge in [-0.15, -0.1) is 0 Å². The Morgan fingerprint density at radius 2 is 1.47 bits per heavy atom. The van der Waals surface area contributed by atoms with E-state index in [-0.39, 0.29) is 12.1 Å². The predicted molar refractivity (Wildman–Crippen MR) is 142 cm³/mol. The molecule has 5 heteroatoms. The third kappa shape index (κ3) is 6.23. The fourth-order valence-corrected chi connectivity index (χ4v) is 4.44. The lowest BCUT2D eigenvalue weighted by atomic mass is 9.94. The molecule has 0 fully saturated rings. The number of hydrogen-bond donors (Lipinski definition) is 0. The second kappa shape index (κ2) is 12.0. The van der Waals surface area contributed by atoms with Gasteiger partial charge in [0.2, 0.25) is 0 Å². The molecule has 0 heterocycles. The molecule has 3 aromatic carbocycles. The zero-order chi connectivity index (χ0) is 25.5. The van der Waals surface area contributed by atoms with E-state index < -0.39 is 6.10 Å². The van der Waals surface area contributed by atoms with Crippen molar-refractivity contribution in [3.8, 4) is 5.75 Å². The molecule has 4 rings (SSSR count). The van der Waals surface area contributed by atoms with Gasteiger partial charge in [0.15, 0.2) is 6.10 Å². The highest BCUT2D eigenvalue weighted by atomic mass is 16.6. The van der Waals surface area contributed by atoms with Gasteiger partial charge in [0.25, 0.3) is 0 Å². The third-order valence-electron chi connectivity index (χ3n) is 6.31. The first-order valence-corrected chi connectivity index (χ1v) is 12.4. The molecule has 188 valence electrons. The first kappa shape index (κ1) is 25.7. The minimum Gasteiger partial charge on any atom is -0.491 e. The average Bonchev–Trinajstić information content (AvgIpc) is 3.02. The van der Waals surface area contributed by atoms with Crippen LogP contribution < -0.4 is 4.74 Å². The number of carbonyl (C=O) groups excluding carboxylic acids is 1. The summed E-state index contributed by atoms with van der Waals surface area (Å²) in [6, 6.07) is 20.7. The summed E-state index contributed by atoms with van der Waals surface area (Å²) in [6.07, 6.45) is 4.03. The average molecular weight is 487 g/mol. The molecule has 0 radical (unpaired) electrons. The Balaban J connectivity index is 1.38. The summed E-state index contributed by atoms with van der Waals surface area (Å²) in [5.41, 5.74) is 8.12. The molecule has 1 unspecified atom stereocenters. The molecule has 3 aromatic rings. The molecule has 0 spiro atoms. The van der Waals surface area contributed by atoms with Gasteiger partial charge in [-0.1, -0.05) is 71.8 Å². The van der Waals surface area contributed by atoms with Crippen LogP contribution in [0.15, 0.2) is 60.7 Å². The second-order valence-electron chi connectivity index (χ2n) is 9.02. The SMILES string of the molecule is CCOC(=O)C(Cc1ccc(OCCOC2c3ccc(C)cc3C=Cc3cc(C)ccc32)cc1)OC. The molecule has 0 aromatic heterocycles. The number of benzene rings is 3. The van der Waals surface area contributed by atoms with Crippen LogP contribution in [0, 0.1) is 13.8 Å². The number of hydrogen-bond acceptors (Lipinski definition) is 5. The fraction of sp³-hybridized carbons (Fsp3) is 0.323. The molecule has 0 saturated carbocycles. The number of carbonyl (C=O) groups is 1. The van der Waals surface area contributed by atoms with Crippen LogP contribution in [-0.4, -0.2) is 39.0 Å². The molecule has 0 amide bonds. The van der Waals surface area contributed by atoms with Crippen LogP contribution >= 0.6 is 0 Å². The molecule has 5 nitrogen and oxygen atoms in total. The van der Waals surface area contributed by atoms with Crippen LogP contribution in [0.25, 0.3) is 12.2 Å². The molecule has 0 aliphatic heterocycles. The van der Waals surface area contributed by atoms with Gasteiger partial charge in [-0.25, -0.2) is 4.79 Å². The summed E-state index contributed by atoms with van der Waals surface area (Å²) in [7, 11) is 1.52. The lowest BCUT2D eigenvalue weighted by Crippen LogP contribution is -2.27. The molecule has 1 aliphatic rings. The van der Waals surface area contributed by atoms with E-state index in [2.05, 4.69) is 62.4 Å². The van der Waals surface area contributed by atoms with Crippen LogP contribution in [0.3, 0.4) is 0 Å². The van der Waals surface area contributed by atoms with Crippen molar-refractivity contribution in [1.29, 1.82) is 0 Å². The van der Waals surface area contributed by atoms with Gasteiger partial charge in [-0.05, 0) is 60.7 Å². The van der Waals surface area contributed by atoms with Crippen molar-refractivity contribution in [1.82, 2.24) is 0 Å². The van der Waals surface area contributed by atoms with Gasteiger partial charge in [-0.3, -0.25) is 0 Å². The quantitative estimate of drug-likeness (QED) is 0.256. The van der Waals surface area contributed by atoms with Gasteiger partial charge in [0.1, 0.15) is 18.5 Å². The lowest BCUT2D eigenvalue weighted by Gasteiger charge is -2.22. The minimum atomic E-state index is -0.613. The fourth-order valence-electron chi connectivity index (χ4n) is 4.44. The molecular weight excluding hydrogens is 452 g/mol. The van der Waals surface area contributed by atoms with E-state index in [0.717, 1.165) is 22.4 Å². The largest absolute Gasteiger partial charge is 0.491 e. The van der Waals surface area contributed by atoms with Crippen molar-refractivity contribution >= 4 is 18.1 Å². The topological polar surface area (TPSA) is 54.0 Å². The summed E-state index contributed by atoms with van der Waals surface area (Å²) < 4.78 is 22.7. The Kier molecular flexibility index (Phi) is 8.57. The Bertz CT molecular complexity index is 1160. The smallest absolute Gasteiger partial charge is 0.335 e. The summed E-state index contributed by atoms with van der Waals surface area (Å²) in [4.78, 5) is 12.0. The zero-order valence-electron chi connectivity index (χ0n) is 21.5. The van der Waals surface area contributed by atoms with E-state index in [4.69, 9.17) is 18.9 Å². The predicted octanol–water partition coefficient (Wildman–Crippen LogP) is 6.09. The van der Waals surface area contributed by atoms with Gasteiger partial charge < -0.3 is 18.9 Å². The summed E-state index contributed by atoms with van der Waals surface area (Å²) in [5.74, 6) is 0.404. The van der Waals surface area contributed by atoms with Crippen LogP contribution in [0.2, 0.25) is 0 Å². The van der Waals surface area contributed by atoms with E-state index in [1.807, 2.05) is 24.3 Å². The van der Waals surface area contributed by atoms with Crippen molar-refractivity contribution in [2.75, 3.05) is 26.9 Å². The van der Waals surface area contributed by atoms with Gasteiger partial charge in [0, 0.05) is 13.5 Å². The lowest BCUT2D eigenvalue weighted by molar-refractivity contribution is -0.154. The van der Waals surface area contributed by atoms with Crippen molar-refractivity contribution in [2.24, 2.45) is 0 Å². The molecule has 0 saturated heterocycles. The number of fused-ring (bicyclic) bond motifs is 2. The number of aryl methyl sites for hydroxylation is 2. The van der Waals surface area contributed by atoms with Crippen LogP contribution in [0.4, 0.5) is 0 Å². The van der Waals surface area contributed by atoms with Crippen molar-refractivity contribution < 1.29 is 23.7 Å². The van der Waals surface area contributed by atoms with E-state index in [9.17, 15) is 4.79 Å². The highest BCUT2D eigenvalue weighted by Crippen LogP contribution is 2.36. The van der Waals surface area contributed by atoms with Crippen molar-refractivity contribution in [3.63, 3.8) is 0 Å². The molecule has 1 atom stereocenters. The van der Waals surface area contributed by atoms with E-state index >= 15 is 0 Å². The number of ether oxygens (including phenoxy) is 4. The zero-order valence-corrected chi connectivity index (χ0v) is 21.5. The number of methoxy groups -OCH3 is 1. The summed E-state index contributed by atoms with van der Waals surface area (Å²) in [6.45, 7) is 7.21. The third-order valence-corrected chi connectivity index (χ3v) is 6.31. The Hall–Kier alpha value is -3.41. The van der Waals surface area contributed by atoms with Gasteiger partial charge in [-0.2, -0.15) is 0 Å². The van der Waals surface area contributed by atoms with Crippen molar-refractivity contribution in [2.45, 2.75) is 39.4 Å². The van der Waals surface area contributed by atoms with Gasteiger partial charge >= 0.3 is 5.97 Å². The van der Waals surface area contributed by atoms with Crippen molar-refractivity contribution in [3.05, 3.63) is 99.6 Å². The molecule has 0 N–H and O–H groups in total. The van der Waals surface area contributed by atoms with Crippen LogP contribution in [0.5, 0.6) is 5.75 Å². The monoisotopic (exact) mass is 486 g/mol. The highest BCUT2D eigenvalue weighted by molar-refractivity contribution is 5.77. The maximum atomic E-state index is 12.0. The first-order valence-electron chi connectivity index (χ1n) is 12.4. The maximum Gasteiger partial charge on any atom is 0.335 e. The normalized spacial score (nSPS) is 13.4. The summed E-state index contributed by atoms with van der Waals surface area (Å²) >= 11 is 0. The van der Waals surface area contributed by atoms with E-state index in [1.54, 1.807) is 6.92 Å². The van der Waals surface area contributed by atoms with Crippen LogP contribution in [0.1, 0.15) is 52.0 Å². The molecule has 36 heavy (non-hydrogen) atoms. The first-order chi connectivity index (χ1) is 17.5. The Morgan fingerprint density at radius 1 is 0.861 bits per heavy atom.